The number of carbonyl (C=O) groups is 3. The van der Waals surface area contributed by atoms with E-state index >= 15 is 0 Å². The van der Waals surface area contributed by atoms with Gasteiger partial charge in [0.1, 0.15) is 0 Å². The molecule has 6 nitrogen and oxygen atoms in total. The molecule has 0 unspecified atom stereocenters. The summed E-state index contributed by atoms with van der Waals surface area (Å²) in [5, 5.41) is 5.70. The zero-order valence-corrected chi connectivity index (χ0v) is 16.0. The summed E-state index contributed by atoms with van der Waals surface area (Å²) in [6.07, 6.45) is 0. The fraction of sp³-hybridized carbons (Fsp3) is 0.286. The summed E-state index contributed by atoms with van der Waals surface area (Å²) in [7, 11) is 1.71. The van der Waals surface area contributed by atoms with E-state index in [1.165, 1.54) is 0 Å². The molecule has 0 heterocycles. The van der Waals surface area contributed by atoms with Crippen LogP contribution in [0, 0.1) is 5.41 Å². The Morgan fingerprint density at radius 2 is 1.59 bits per heavy atom. The van der Waals surface area contributed by atoms with E-state index in [1.54, 1.807) is 55.6 Å². The van der Waals surface area contributed by atoms with Gasteiger partial charge in [0.05, 0.1) is 5.56 Å². The summed E-state index contributed by atoms with van der Waals surface area (Å²) in [5.41, 5.74) is 1.50. The number of para-hydroxylation sites is 1. The van der Waals surface area contributed by atoms with Crippen molar-refractivity contribution in [3.8, 4) is 0 Å². The number of rotatable bonds is 6. The number of esters is 1. The van der Waals surface area contributed by atoms with Gasteiger partial charge in [-0.15, -0.1) is 0 Å². The van der Waals surface area contributed by atoms with Crippen molar-refractivity contribution in [3.63, 3.8) is 0 Å². The number of benzene rings is 2. The molecular formula is C21H24N2O4. The van der Waals surface area contributed by atoms with Crippen molar-refractivity contribution in [2.45, 2.75) is 20.8 Å². The van der Waals surface area contributed by atoms with Crippen LogP contribution < -0.4 is 10.6 Å². The summed E-state index contributed by atoms with van der Waals surface area (Å²) < 4.78 is 5.13. The van der Waals surface area contributed by atoms with Crippen LogP contribution in [0.25, 0.3) is 0 Å². The van der Waals surface area contributed by atoms with Gasteiger partial charge in [-0.25, -0.2) is 4.79 Å². The van der Waals surface area contributed by atoms with Crippen molar-refractivity contribution in [1.82, 2.24) is 0 Å². The van der Waals surface area contributed by atoms with Gasteiger partial charge >= 0.3 is 5.97 Å². The standard InChI is InChI=1S/C21H24N2O4/c1-21(2,3)20(26)23-15-11-9-14(10-12-15)18(24)13-27-19(25)16-7-5-6-8-17(16)22-4/h5-12,22H,13H2,1-4H3,(H,23,26). The van der Waals surface area contributed by atoms with Gasteiger partial charge in [-0.2, -0.15) is 0 Å². The molecule has 0 saturated heterocycles. The molecule has 0 aliphatic rings. The monoisotopic (exact) mass is 368 g/mol. The summed E-state index contributed by atoms with van der Waals surface area (Å²) in [4.78, 5) is 36.4. The molecule has 0 atom stereocenters. The minimum atomic E-state index is -0.567. The summed E-state index contributed by atoms with van der Waals surface area (Å²) in [6, 6.07) is 13.4. The van der Waals surface area contributed by atoms with Crippen molar-refractivity contribution in [2.75, 3.05) is 24.3 Å². The average molecular weight is 368 g/mol. The van der Waals surface area contributed by atoms with Crippen molar-refractivity contribution in [3.05, 3.63) is 59.7 Å². The first-order valence-corrected chi connectivity index (χ1v) is 8.61. The second-order valence-electron chi connectivity index (χ2n) is 7.08. The lowest BCUT2D eigenvalue weighted by Crippen LogP contribution is -2.27. The maximum atomic E-state index is 12.2. The Kier molecular flexibility index (Phi) is 6.34. The fourth-order valence-corrected chi connectivity index (χ4v) is 2.23. The van der Waals surface area contributed by atoms with Gasteiger partial charge in [0, 0.05) is 29.4 Å². The molecule has 0 fully saturated rings. The molecule has 0 spiro atoms. The summed E-state index contributed by atoms with van der Waals surface area (Å²) in [6.45, 7) is 5.10. The number of Topliss-reactive ketones (excluding diaryl/α,β-unsaturated/α-hetero) is 1. The fourth-order valence-electron chi connectivity index (χ4n) is 2.23. The zero-order chi connectivity index (χ0) is 20.0. The van der Waals surface area contributed by atoms with Gasteiger partial charge in [-0.3, -0.25) is 9.59 Å². The SMILES string of the molecule is CNc1ccccc1C(=O)OCC(=O)c1ccc(NC(=O)C(C)(C)C)cc1. The van der Waals surface area contributed by atoms with E-state index in [4.69, 9.17) is 4.74 Å². The molecule has 2 rings (SSSR count). The minimum Gasteiger partial charge on any atom is -0.454 e. The number of carbonyl (C=O) groups excluding carboxylic acids is 3. The molecule has 0 radical (unpaired) electrons. The molecular weight excluding hydrogens is 344 g/mol. The Morgan fingerprint density at radius 1 is 0.963 bits per heavy atom. The number of nitrogens with one attached hydrogen (secondary N) is 2. The molecule has 27 heavy (non-hydrogen) atoms. The van der Waals surface area contributed by atoms with Crippen LogP contribution in [0.15, 0.2) is 48.5 Å². The van der Waals surface area contributed by atoms with E-state index in [9.17, 15) is 14.4 Å². The first kappa shape index (κ1) is 20.2. The van der Waals surface area contributed by atoms with Crippen LogP contribution in [0.3, 0.4) is 0 Å². The molecule has 0 aliphatic carbocycles. The maximum Gasteiger partial charge on any atom is 0.340 e. The van der Waals surface area contributed by atoms with Crippen LogP contribution >= 0.6 is 0 Å². The molecule has 0 aromatic heterocycles. The van der Waals surface area contributed by atoms with Crippen molar-refractivity contribution in [2.24, 2.45) is 5.41 Å². The largest absolute Gasteiger partial charge is 0.454 e. The number of ether oxygens (including phenoxy) is 1. The Hall–Kier alpha value is -3.15. The lowest BCUT2D eigenvalue weighted by molar-refractivity contribution is -0.123. The van der Waals surface area contributed by atoms with Crippen LogP contribution in [0.4, 0.5) is 11.4 Å². The van der Waals surface area contributed by atoms with E-state index in [2.05, 4.69) is 10.6 Å². The van der Waals surface area contributed by atoms with Gasteiger partial charge in [0.2, 0.25) is 5.91 Å². The van der Waals surface area contributed by atoms with Crippen LogP contribution in [0.5, 0.6) is 0 Å². The number of amides is 1. The Morgan fingerprint density at radius 3 is 2.19 bits per heavy atom. The topological polar surface area (TPSA) is 84.5 Å². The maximum absolute atomic E-state index is 12.2. The minimum absolute atomic E-state index is 0.112. The van der Waals surface area contributed by atoms with E-state index in [1.807, 2.05) is 20.8 Å². The highest BCUT2D eigenvalue weighted by atomic mass is 16.5. The molecule has 0 aliphatic heterocycles. The molecule has 2 N–H and O–H groups in total. The number of ketones is 1. The van der Waals surface area contributed by atoms with Crippen molar-refractivity contribution in [1.29, 1.82) is 0 Å². The van der Waals surface area contributed by atoms with E-state index in [-0.39, 0.29) is 18.3 Å². The zero-order valence-electron chi connectivity index (χ0n) is 16.0. The predicted octanol–water partition coefficient (Wildman–Crippen LogP) is 3.75. The van der Waals surface area contributed by atoms with Crippen molar-refractivity contribution < 1.29 is 19.1 Å². The first-order chi connectivity index (χ1) is 12.7. The number of hydrogen-bond acceptors (Lipinski definition) is 5. The highest BCUT2D eigenvalue weighted by molar-refractivity contribution is 6.01. The highest BCUT2D eigenvalue weighted by Crippen LogP contribution is 2.18. The first-order valence-electron chi connectivity index (χ1n) is 8.61. The summed E-state index contributed by atoms with van der Waals surface area (Å²) >= 11 is 0. The molecule has 0 bridgehead atoms. The Bertz CT molecular complexity index is 836. The second-order valence-corrected chi connectivity index (χ2v) is 7.08. The van der Waals surface area contributed by atoms with E-state index < -0.39 is 11.4 Å². The lowest BCUT2D eigenvalue weighted by atomic mass is 9.95. The smallest absolute Gasteiger partial charge is 0.340 e. The van der Waals surface area contributed by atoms with E-state index in [0.717, 1.165) is 0 Å². The Balaban J connectivity index is 1.96. The van der Waals surface area contributed by atoms with Gasteiger partial charge < -0.3 is 15.4 Å². The molecule has 0 saturated carbocycles. The van der Waals surface area contributed by atoms with Crippen molar-refractivity contribution >= 4 is 29.0 Å². The van der Waals surface area contributed by atoms with Crippen LogP contribution in [-0.2, 0) is 9.53 Å². The van der Waals surface area contributed by atoms with Crippen LogP contribution in [-0.4, -0.2) is 31.3 Å². The quantitative estimate of drug-likeness (QED) is 0.599. The summed E-state index contributed by atoms with van der Waals surface area (Å²) in [5.74, 6) is -1.000. The van der Waals surface area contributed by atoms with Crippen LogP contribution in [0.2, 0.25) is 0 Å². The molecule has 2 aromatic rings. The Labute approximate surface area is 158 Å². The van der Waals surface area contributed by atoms with Crippen LogP contribution in [0.1, 0.15) is 41.5 Å². The second kappa shape index (κ2) is 8.49. The van der Waals surface area contributed by atoms with Gasteiger partial charge in [-0.1, -0.05) is 32.9 Å². The highest BCUT2D eigenvalue weighted by Gasteiger charge is 2.21. The number of hydrogen-bond donors (Lipinski definition) is 2. The van der Waals surface area contributed by atoms with Gasteiger partial charge in [0.25, 0.3) is 0 Å². The normalized spacial score (nSPS) is 10.8. The third-order valence-corrected chi connectivity index (χ3v) is 3.90. The van der Waals surface area contributed by atoms with Gasteiger partial charge in [0.15, 0.2) is 12.4 Å². The third-order valence-electron chi connectivity index (χ3n) is 3.90. The average Bonchev–Trinajstić information content (AvgIpc) is 2.65. The predicted molar refractivity (Wildman–Crippen MR) is 105 cm³/mol. The molecule has 6 heteroatoms. The van der Waals surface area contributed by atoms with E-state index in [0.29, 0.717) is 22.5 Å². The third kappa shape index (κ3) is 5.41. The molecule has 1 amide bonds. The number of anilines is 2. The van der Waals surface area contributed by atoms with Gasteiger partial charge in [-0.05, 0) is 36.4 Å². The molecule has 2 aromatic carbocycles. The molecule has 142 valence electrons. The lowest BCUT2D eigenvalue weighted by Gasteiger charge is -2.17.